The fourth-order valence-corrected chi connectivity index (χ4v) is 1.91. The molecule has 0 heterocycles. The minimum Gasteiger partial charge on any atom is -0.492 e. The van der Waals surface area contributed by atoms with Crippen LogP contribution in [0, 0.1) is 5.82 Å². The van der Waals surface area contributed by atoms with Crippen LogP contribution in [0.2, 0.25) is 0 Å². The second-order valence-corrected chi connectivity index (χ2v) is 4.70. The molecule has 0 saturated heterocycles. The fourth-order valence-electron chi connectivity index (χ4n) is 1.91. The van der Waals surface area contributed by atoms with Crippen molar-refractivity contribution in [2.75, 3.05) is 11.9 Å². The number of rotatable bonds is 5. The summed E-state index contributed by atoms with van der Waals surface area (Å²) in [5.41, 5.74) is 1.12. The summed E-state index contributed by atoms with van der Waals surface area (Å²) in [5, 5.41) is 4.93. The summed E-state index contributed by atoms with van der Waals surface area (Å²) in [5.74, 6) is -1.93. The number of amides is 2. The summed E-state index contributed by atoms with van der Waals surface area (Å²) in [6, 6.07) is 12.9. The average Bonchev–Trinajstić information content (AvgIpc) is 2.56. The summed E-state index contributed by atoms with van der Waals surface area (Å²) in [7, 11) is 0. The molecule has 0 spiro atoms. The Kier molecular flexibility index (Phi) is 5.68. The van der Waals surface area contributed by atoms with Gasteiger partial charge in [-0.05, 0) is 24.6 Å². The minimum atomic E-state index is -0.839. The Morgan fingerprint density at radius 1 is 1.09 bits per heavy atom. The molecular weight excluding hydrogens is 299 g/mol. The highest BCUT2D eigenvalue weighted by molar-refractivity contribution is 6.39. The lowest BCUT2D eigenvalue weighted by Gasteiger charge is -2.11. The van der Waals surface area contributed by atoms with Crippen LogP contribution in [-0.2, 0) is 16.1 Å². The van der Waals surface area contributed by atoms with E-state index in [0.717, 1.165) is 11.6 Å². The van der Waals surface area contributed by atoms with Gasteiger partial charge in [-0.25, -0.2) is 4.39 Å². The van der Waals surface area contributed by atoms with Crippen molar-refractivity contribution in [2.24, 2.45) is 0 Å². The van der Waals surface area contributed by atoms with E-state index in [4.69, 9.17) is 4.74 Å². The van der Waals surface area contributed by atoms with E-state index in [9.17, 15) is 14.0 Å². The average molecular weight is 316 g/mol. The van der Waals surface area contributed by atoms with Crippen LogP contribution in [-0.4, -0.2) is 18.4 Å². The summed E-state index contributed by atoms with van der Waals surface area (Å²) in [4.78, 5) is 23.7. The molecule has 2 aromatic rings. The van der Waals surface area contributed by atoms with Gasteiger partial charge in [-0.2, -0.15) is 0 Å². The van der Waals surface area contributed by atoms with Gasteiger partial charge in [0.05, 0.1) is 12.3 Å². The molecule has 0 fully saturated rings. The van der Waals surface area contributed by atoms with Crippen molar-refractivity contribution in [1.29, 1.82) is 0 Å². The Hall–Kier alpha value is -2.89. The van der Waals surface area contributed by atoms with Crippen molar-refractivity contribution in [1.82, 2.24) is 5.32 Å². The van der Waals surface area contributed by atoms with Crippen molar-refractivity contribution in [2.45, 2.75) is 13.5 Å². The van der Waals surface area contributed by atoms with Crippen LogP contribution in [0.3, 0.4) is 0 Å². The molecule has 2 rings (SSSR count). The van der Waals surface area contributed by atoms with E-state index in [1.165, 1.54) is 12.1 Å². The van der Waals surface area contributed by atoms with Gasteiger partial charge < -0.3 is 15.4 Å². The molecular formula is C17H17FN2O3. The molecule has 0 aliphatic rings. The number of benzene rings is 2. The Morgan fingerprint density at radius 3 is 2.52 bits per heavy atom. The van der Waals surface area contributed by atoms with E-state index in [2.05, 4.69) is 10.6 Å². The third-order valence-corrected chi connectivity index (χ3v) is 2.99. The first-order valence-electron chi connectivity index (χ1n) is 7.15. The SMILES string of the molecule is CCOc1cc(F)ccc1NC(=O)C(=O)NCc1ccccc1. The minimum absolute atomic E-state index is 0.178. The summed E-state index contributed by atoms with van der Waals surface area (Å²) in [6.45, 7) is 2.30. The van der Waals surface area contributed by atoms with E-state index in [1.807, 2.05) is 30.3 Å². The molecule has 0 aliphatic carbocycles. The lowest BCUT2D eigenvalue weighted by atomic mass is 10.2. The van der Waals surface area contributed by atoms with Gasteiger partial charge >= 0.3 is 11.8 Å². The molecule has 0 unspecified atom stereocenters. The topological polar surface area (TPSA) is 67.4 Å². The Balaban J connectivity index is 1.97. The van der Waals surface area contributed by atoms with E-state index in [0.29, 0.717) is 6.61 Å². The lowest BCUT2D eigenvalue weighted by molar-refractivity contribution is -0.136. The summed E-state index contributed by atoms with van der Waals surface area (Å²) < 4.78 is 18.4. The maximum Gasteiger partial charge on any atom is 0.313 e. The highest BCUT2D eigenvalue weighted by Gasteiger charge is 2.16. The number of nitrogens with one attached hydrogen (secondary N) is 2. The van der Waals surface area contributed by atoms with Gasteiger partial charge in [0.15, 0.2) is 0 Å². The third-order valence-electron chi connectivity index (χ3n) is 2.99. The fraction of sp³-hybridized carbons (Fsp3) is 0.176. The molecule has 0 aromatic heterocycles. The second-order valence-electron chi connectivity index (χ2n) is 4.70. The van der Waals surface area contributed by atoms with Gasteiger partial charge in [0.25, 0.3) is 0 Å². The van der Waals surface area contributed by atoms with Gasteiger partial charge in [0, 0.05) is 12.6 Å². The van der Waals surface area contributed by atoms with Gasteiger partial charge in [0.2, 0.25) is 0 Å². The van der Waals surface area contributed by atoms with E-state index in [1.54, 1.807) is 6.92 Å². The third kappa shape index (κ3) is 4.81. The van der Waals surface area contributed by atoms with Crippen LogP contribution in [0.5, 0.6) is 5.75 Å². The molecule has 0 saturated carbocycles. The molecule has 2 aromatic carbocycles. The molecule has 5 nitrogen and oxygen atoms in total. The smallest absolute Gasteiger partial charge is 0.313 e. The molecule has 2 amide bonds. The Bertz CT molecular complexity index is 689. The number of ether oxygens (including phenoxy) is 1. The van der Waals surface area contributed by atoms with Crippen LogP contribution < -0.4 is 15.4 Å². The summed E-state index contributed by atoms with van der Waals surface area (Å²) >= 11 is 0. The molecule has 0 aliphatic heterocycles. The van der Waals surface area contributed by atoms with Crippen molar-refractivity contribution in [3.63, 3.8) is 0 Å². The van der Waals surface area contributed by atoms with Crippen molar-refractivity contribution in [3.8, 4) is 5.75 Å². The summed E-state index contributed by atoms with van der Waals surface area (Å²) in [6.07, 6.45) is 0. The van der Waals surface area contributed by atoms with Crippen LogP contribution in [0.15, 0.2) is 48.5 Å². The number of hydrogen-bond donors (Lipinski definition) is 2. The first-order valence-corrected chi connectivity index (χ1v) is 7.15. The number of anilines is 1. The van der Waals surface area contributed by atoms with Gasteiger partial charge in [-0.1, -0.05) is 30.3 Å². The van der Waals surface area contributed by atoms with E-state index < -0.39 is 17.6 Å². The van der Waals surface area contributed by atoms with Crippen LogP contribution >= 0.6 is 0 Å². The number of hydrogen-bond acceptors (Lipinski definition) is 3. The zero-order chi connectivity index (χ0) is 16.7. The predicted octanol–water partition coefficient (Wildman–Crippen LogP) is 2.48. The maximum atomic E-state index is 13.2. The standard InChI is InChI=1S/C17H17FN2O3/c1-2-23-15-10-13(18)8-9-14(15)20-17(22)16(21)19-11-12-6-4-3-5-7-12/h3-10H,2,11H2,1H3,(H,19,21)(H,20,22). The van der Waals surface area contributed by atoms with Gasteiger partial charge in [0.1, 0.15) is 11.6 Å². The molecule has 6 heteroatoms. The van der Waals surface area contributed by atoms with Crippen molar-refractivity contribution in [3.05, 3.63) is 59.9 Å². The highest BCUT2D eigenvalue weighted by Crippen LogP contribution is 2.25. The Morgan fingerprint density at radius 2 is 1.83 bits per heavy atom. The molecule has 120 valence electrons. The zero-order valence-corrected chi connectivity index (χ0v) is 12.6. The Labute approximate surface area is 133 Å². The molecule has 0 radical (unpaired) electrons. The maximum absolute atomic E-state index is 13.2. The van der Waals surface area contributed by atoms with Crippen molar-refractivity contribution >= 4 is 17.5 Å². The lowest BCUT2D eigenvalue weighted by Crippen LogP contribution is -2.35. The zero-order valence-electron chi connectivity index (χ0n) is 12.6. The van der Waals surface area contributed by atoms with Crippen LogP contribution in [0.4, 0.5) is 10.1 Å². The van der Waals surface area contributed by atoms with Gasteiger partial charge in [-0.15, -0.1) is 0 Å². The molecule has 0 bridgehead atoms. The quantitative estimate of drug-likeness (QED) is 0.833. The van der Waals surface area contributed by atoms with Crippen LogP contribution in [0.1, 0.15) is 12.5 Å². The predicted molar refractivity (Wildman–Crippen MR) is 84.5 cm³/mol. The first kappa shape index (κ1) is 16.5. The molecule has 23 heavy (non-hydrogen) atoms. The number of carbonyl (C=O) groups excluding carboxylic acids is 2. The highest BCUT2D eigenvalue weighted by atomic mass is 19.1. The van der Waals surface area contributed by atoms with E-state index >= 15 is 0 Å². The monoisotopic (exact) mass is 316 g/mol. The van der Waals surface area contributed by atoms with Gasteiger partial charge in [-0.3, -0.25) is 9.59 Å². The number of halogens is 1. The molecule has 0 atom stereocenters. The normalized spacial score (nSPS) is 10.0. The van der Waals surface area contributed by atoms with E-state index in [-0.39, 0.29) is 18.0 Å². The number of carbonyl (C=O) groups is 2. The van der Waals surface area contributed by atoms with Crippen molar-refractivity contribution < 1.29 is 18.7 Å². The molecule has 2 N–H and O–H groups in total. The second kappa shape index (κ2) is 7.93. The van der Waals surface area contributed by atoms with Crippen LogP contribution in [0.25, 0.3) is 0 Å². The largest absolute Gasteiger partial charge is 0.492 e. The first-order chi connectivity index (χ1) is 11.1.